The van der Waals surface area contributed by atoms with Gasteiger partial charge in [-0.2, -0.15) is 0 Å². The number of aliphatic imine (C=N–C) groups is 1. The molecule has 4 rings (SSSR count). The zero-order valence-corrected chi connectivity index (χ0v) is 16.9. The van der Waals surface area contributed by atoms with Crippen LogP contribution in [-0.2, 0) is 11.3 Å². The first kappa shape index (κ1) is 19.0. The highest BCUT2D eigenvalue weighted by Crippen LogP contribution is 2.47. The Bertz CT molecular complexity index is 736. The van der Waals surface area contributed by atoms with Gasteiger partial charge < -0.3 is 20.9 Å². The number of nitrogens with one attached hydrogen (secondary N) is 1. The van der Waals surface area contributed by atoms with Crippen molar-refractivity contribution in [3.05, 3.63) is 23.9 Å². The van der Waals surface area contributed by atoms with Crippen molar-refractivity contribution >= 4 is 17.7 Å². The fourth-order valence-corrected chi connectivity index (χ4v) is 4.94. The summed E-state index contributed by atoms with van der Waals surface area (Å²) < 4.78 is 0. The van der Waals surface area contributed by atoms with Crippen LogP contribution in [0.2, 0.25) is 0 Å². The van der Waals surface area contributed by atoms with Crippen molar-refractivity contribution in [2.45, 2.75) is 45.1 Å². The number of carbonyl (C=O) groups excluding carboxylic acids is 1. The van der Waals surface area contributed by atoms with Crippen molar-refractivity contribution in [1.29, 1.82) is 0 Å². The van der Waals surface area contributed by atoms with Gasteiger partial charge in [-0.15, -0.1) is 0 Å². The number of rotatable bonds is 4. The van der Waals surface area contributed by atoms with Gasteiger partial charge in [-0.05, 0) is 43.6 Å². The summed E-state index contributed by atoms with van der Waals surface area (Å²) >= 11 is 0. The van der Waals surface area contributed by atoms with E-state index < -0.39 is 0 Å². The molecule has 2 saturated heterocycles. The standard InChI is InChI=1S/C21H32N6O/c1-23-20(27-13-9-21(15-27)7-3-8-21)25-14-17-4-2-10-24-19(17)26-11-5-16(6-12-26)18(22)28/h2,4,10,16H,3,5-9,11-15H2,1H3,(H2,22,28)(H,23,25). The van der Waals surface area contributed by atoms with Gasteiger partial charge in [0.25, 0.3) is 0 Å². The molecule has 1 aromatic heterocycles. The summed E-state index contributed by atoms with van der Waals surface area (Å²) in [6, 6.07) is 4.11. The van der Waals surface area contributed by atoms with E-state index in [-0.39, 0.29) is 11.8 Å². The predicted octanol–water partition coefficient (Wildman–Crippen LogP) is 1.73. The lowest BCUT2D eigenvalue weighted by Gasteiger charge is -2.38. The van der Waals surface area contributed by atoms with Crippen LogP contribution in [0.5, 0.6) is 0 Å². The highest BCUT2D eigenvalue weighted by Gasteiger charge is 2.43. The zero-order valence-electron chi connectivity index (χ0n) is 16.9. The molecule has 0 bridgehead atoms. The molecule has 1 saturated carbocycles. The van der Waals surface area contributed by atoms with Crippen LogP contribution in [-0.4, -0.2) is 55.0 Å². The maximum Gasteiger partial charge on any atom is 0.220 e. The normalized spacial score (nSPS) is 22.4. The minimum atomic E-state index is -0.179. The van der Waals surface area contributed by atoms with E-state index in [4.69, 9.17) is 5.73 Å². The molecule has 1 aromatic rings. The third-order valence-electron chi connectivity index (χ3n) is 6.87. The Kier molecular flexibility index (Phi) is 5.42. The molecule has 0 unspecified atom stereocenters. The lowest BCUT2D eigenvalue weighted by molar-refractivity contribution is -0.122. The number of carbonyl (C=O) groups is 1. The largest absolute Gasteiger partial charge is 0.369 e. The van der Waals surface area contributed by atoms with Gasteiger partial charge in [0, 0.05) is 57.4 Å². The highest BCUT2D eigenvalue weighted by molar-refractivity contribution is 5.80. The second kappa shape index (κ2) is 7.97. The number of nitrogens with two attached hydrogens (primary N) is 1. The van der Waals surface area contributed by atoms with E-state index in [1.54, 1.807) is 0 Å². The summed E-state index contributed by atoms with van der Waals surface area (Å²) in [5, 5.41) is 3.56. The summed E-state index contributed by atoms with van der Waals surface area (Å²) in [7, 11) is 1.87. The van der Waals surface area contributed by atoms with Crippen molar-refractivity contribution < 1.29 is 4.79 Å². The topological polar surface area (TPSA) is 86.9 Å². The first-order valence-electron chi connectivity index (χ1n) is 10.5. The number of anilines is 1. The average molecular weight is 385 g/mol. The van der Waals surface area contributed by atoms with Crippen LogP contribution in [0.25, 0.3) is 0 Å². The van der Waals surface area contributed by atoms with Crippen LogP contribution < -0.4 is 16.0 Å². The summed E-state index contributed by atoms with van der Waals surface area (Å²) in [5.74, 6) is 1.81. The van der Waals surface area contributed by atoms with E-state index in [0.717, 1.165) is 50.8 Å². The van der Waals surface area contributed by atoms with Gasteiger partial charge in [0.1, 0.15) is 5.82 Å². The molecule has 3 N–H and O–H groups in total. The SMILES string of the molecule is CN=C(NCc1cccnc1N1CCC(C(N)=O)CC1)N1CCC2(CCC2)C1. The van der Waals surface area contributed by atoms with E-state index in [9.17, 15) is 4.79 Å². The summed E-state index contributed by atoms with van der Waals surface area (Å²) in [4.78, 5) is 25.3. The van der Waals surface area contributed by atoms with Crippen LogP contribution in [0.3, 0.4) is 0 Å². The Morgan fingerprint density at radius 2 is 2.11 bits per heavy atom. The third kappa shape index (κ3) is 3.80. The van der Waals surface area contributed by atoms with Crippen LogP contribution >= 0.6 is 0 Å². The van der Waals surface area contributed by atoms with Crippen molar-refractivity contribution in [2.75, 3.05) is 38.1 Å². The minimum Gasteiger partial charge on any atom is -0.369 e. The Morgan fingerprint density at radius 3 is 2.71 bits per heavy atom. The fourth-order valence-electron chi connectivity index (χ4n) is 4.94. The average Bonchev–Trinajstić information content (AvgIpc) is 3.15. The molecule has 28 heavy (non-hydrogen) atoms. The number of pyridine rings is 1. The van der Waals surface area contributed by atoms with E-state index in [2.05, 4.69) is 31.2 Å². The number of aromatic nitrogens is 1. The Hall–Kier alpha value is -2.31. The van der Waals surface area contributed by atoms with Gasteiger partial charge in [-0.3, -0.25) is 9.79 Å². The van der Waals surface area contributed by atoms with E-state index >= 15 is 0 Å². The van der Waals surface area contributed by atoms with Gasteiger partial charge in [0.15, 0.2) is 5.96 Å². The molecule has 1 aliphatic carbocycles. The van der Waals surface area contributed by atoms with Gasteiger partial charge in [0.05, 0.1) is 0 Å². The quantitative estimate of drug-likeness (QED) is 0.610. The van der Waals surface area contributed by atoms with Gasteiger partial charge in [-0.25, -0.2) is 4.98 Å². The monoisotopic (exact) mass is 384 g/mol. The van der Waals surface area contributed by atoms with Crippen molar-refractivity contribution in [2.24, 2.45) is 22.1 Å². The summed E-state index contributed by atoms with van der Waals surface area (Å²) in [5.41, 5.74) is 7.19. The Morgan fingerprint density at radius 1 is 1.32 bits per heavy atom. The maximum absolute atomic E-state index is 11.4. The molecule has 2 aliphatic heterocycles. The number of likely N-dealkylation sites (tertiary alicyclic amines) is 1. The molecule has 152 valence electrons. The number of hydrogen-bond donors (Lipinski definition) is 2. The zero-order chi connectivity index (χ0) is 19.6. The molecule has 1 amide bonds. The molecular formula is C21H32N6O. The van der Waals surface area contributed by atoms with Crippen LogP contribution in [0.1, 0.15) is 44.1 Å². The van der Waals surface area contributed by atoms with Crippen LogP contribution in [0, 0.1) is 11.3 Å². The second-order valence-corrected chi connectivity index (χ2v) is 8.58. The van der Waals surface area contributed by atoms with Gasteiger partial charge in [-0.1, -0.05) is 12.5 Å². The molecule has 7 nitrogen and oxygen atoms in total. The van der Waals surface area contributed by atoms with E-state index in [1.165, 1.54) is 31.2 Å². The molecule has 0 atom stereocenters. The predicted molar refractivity (Wildman–Crippen MR) is 111 cm³/mol. The smallest absolute Gasteiger partial charge is 0.220 e. The lowest BCUT2D eigenvalue weighted by atomic mass is 9.68. The maximum atomic E-state index is 11.4. The highest BCUT2D eigenvalue weighted by atomic mass is 16.1. The molecule has 7 heteroatoms. The number of nitrogens with zero attached hydrogens (tertiary/aromatic N) is 4. The number of guanidine groups is 1. The lowest BCUT2D eigenvalue weighted by Crippen LogP contribution is -2.43. The summed E-state index contributed by atoms with van der Waals surface area (Å²) in [6.07, 6.45) is 8.86. The molecule has 1 spiro atoms. The number of amides is 1. The minimum absolute atomic E-state index is 0.00522. The third-order valence-corrected chi connectivity index (χ3v) is 6.87. The molecule has 3 aliphatic rings. The van der Waals surface area contributed by atoms with Crippen molar-refractivity contribution in [1.82, 2.24) is 15.2 Å². The van der Waals surface area contributed by atoms with E-state index in [1.807, 2.05) is 19.3 Å². The van der Waals surface area contributed by atoms with Gasteiger partial charge >= 0.3 is 0 Å². The first-order valence-corrected chi connectivity index (χ1v) is 10.5. The first-order chi connectivity index (χ1) is 13.6. The fraction of sp³-hybridized carbons (Fsp3) is 0.667. The Labute approximate surface area is 167 Å². The molecule has 0 radical (unpaired) electrons. The number of primary amides is 1. The van der Waals surface area contributed by atoms with Crippen molar-refractivity contribution in [3.63, 3.8) is 0 Å². The van der Waals surface area contributed by atoms with Crippen molar-refractivity contribution in [3.8, 4) is 0 Å². The molecule has 3 fully saturated rings. The molecular weight excluding hydrogens is 352 g/mol. The molecule has 0 aromatic carbocycles. The van der Waals surface area contributed by atoms with Crippen LogP contribution in [0.4, 0.5) is 5.82 Å². The summed E-state index contributed by atoms with van der Waals surface area (Å²) in [6.45, 7) is 4.57. The van der Waals surface area contributed by atoms with Crippen LogP contribution in [0.15, 0.2) is 23.3 Å². The molecule has 3 heterocycles. The number of piperidine rings is 1. The second-order valence-electron chi connectivity index (χ2n) is 8.58. The van der Waals surface area contributed by atoms with E-state index in [0.29, 0.717) is 12.0 Å². The Balaban J connectivity index is 1.38. The van der Waals surface area contributed by atoms with Gasteiger partial charge in [0.2, 0.25) is 5.91 Å². The number of hydrogen-bond acceptors (Lipinski definition) is 4.